The normalized spacial score (nSPS) is 11.1. The van der Waals surface area contributed by atoms with E-state index in [1.807, 2.05) is 36.4 Å². The van der Waals surface area contributed by atoms with E-state index in [4.69, 9.17) is 9.72 Å². The predicted octanol–water partition coefficient (Wildman–Crippen LogP) is 6.27. The molecule has 0 unspecified atom stereocenters. The molecule has 2 aromatic heterocycles. The minimum atomic E-state index is -0.515. The molecule has 3 aromatic carbocycles. The number of aromatic amines is 1. The minimum absolute atomic E-state index is 0.220. The number of fused-ring (bicyclic) bond motifs is 2. The van der Waals surface area contributed by atoms with Gasteiger partial charge in [0.25, 0.3) is 0 Å². The number of H-pyrrole nitrogens is 1. The van der Waals surface area contributed by atoms with Crippen molar-refractivity contribution in [1.29, 1.82) is 0 Å². The molecule has 1 amide bonds. The van der Waals surface area contributed by atoms with E-state index < -0.39 is 5.97 Å². The van der Waals surface area contributed by atoms with Crippen LogP contribution >= 0.6 is 0 Å². The number of hydrogen-bond donors (Lipinski definition) is 2. The molecule has 36 heavy (non-hydrogen) atoms. The largest absolute Gasteiger partial charge is 0.465 e. The number of ether oxygens (including phenoxy) is 1. The summed E-state index contributed by atoms with van der Waals surface area (Å²) < 4.78 is 18.9. The quantitative estimate of drug-likeness (QED) is 0.268. The maximum Gasteiger partial charge on any atom is 0.339 e. The van der Waals surface area contributed by atoms with Crippen LogP contribution in [-0.2, 0) is 16.0 Å². The van der Waals surface area contributed by atoms with Gasteiger partial charge in [-0.15, -0.1) is 0 Å². The molecule has 0 aliphatic heterocycles. The number of rotatable bonds is 7. The summed E-state index contributed by atoms with van der Waals surface area (Å²) in [4.78, 5) is 32.9. The molecule has 0 aliphatic carbocycles. The topological polar surface area (TPSA) is 84.1 Å². The Morgan fingerprint density at radius 2 is 1.81 bits per heavy atom. The molecule has 2 heterocycles. The lowest BCUT2D eigenvalue weighted by Crippen LogP contribution is -2.15. The van der Waals surface area contributed by atoms with Gasteiger partial charge in [-0.1, -0.05) is 36.4 Å². The molecule has 6 nitrogen and oxygen atoms in total. The highest BCUT2D eigenvalue weighted by atomic mass is 19.1. The molecule has 0 spiro atoms. The molecular formula is C29H24FN3O3. The second-order valence-electron chi connectivity index (χ2n) is 8.50. The number of halogens is 1. The van der Waals surface area contributed by atoms with Crippen LogP contribution in [0.5, 0.6) is 0 Å². The van der Waals surface area contributed by atoms with Gasteiger partial charge >= 0.3 is 5.97 Å². The molecule has 5 aromatic rings. The van der Waals surface area contributed by atoms with Crippen LogP contribution in [0.25, 0.3) is 33.2 Å². The van der Waals surface area contributed by atoms with Gasteiger partial charge in [-0.05, 0) is 60.9 Å². The molecule has 0 saturated heterocycles. The van der Waals surface area contributed by atoms with Crippen LogP contribution in [0.15, 0.2) is 78.9 Å². The van der Waals surface area contributed by atoms with E-state index in [9.17, 15) is 14.0 Å². The van der Waals surface area contributed by atoms with Gasteiger partial charge < -0.3 is 15.0 Å². The molecule has 0 saturated carbocycles. The first-order chi connectivity index (χ1) is 17.5. The molecule has 0 radical (unpaired) electrons. The Labute approximate surface area is 207 Å². The first-order valence-electron chi connectivity index (χ1n) is 11.7. The fourth-order valence-electron chi connectivity index (χ4n) is 4.42. The Kier molecular flexibility index (Phi) is 6.45. The van der Waals surface area contributed by atoms with Crippen molar-refractivity contribution in [3.63, 3.8) is 0 Å². The summed E-state index contributed by atoms with van der Waals surface area (Å²) in [6.45, 7) is 0. The predicted molar refractivity (Wildman–Crippen MR) is 138 cm³/mol. The smallest absolute Gasteiger partial charge is 0.339 e. The fourth-order valence-corrected chi connectivity index (χ4v) is 4.42. The van der Waals surface area contributed by atoms with E-state index in [1.54, 1.807) is 30.3 Å². The summed E-state index contributed by atoms with van der Waals surface area (Å²) in [5, 5.41) is 4.61. The number of methoxy groups -OCH3 is 1. The zero-order chi connectivity index (χ0) is 25.1. The van der Waals surface area contributed by atoms with Crippen LogP contribution in [0.1, 0.15) is 28.8 Å². The fraction of sp³-hybridized carbons (Fsp3) is 0.138. The van der Waals surface area contributed by atoms with Crippen molar-refractivity contribution in [1.82, 2.24) is 9.97 Å². The van der Waals surface area contributed by atoms with Crippen molar-refractivity contribution in [2.24, 2.45) is 0 Å². The Balaban J connectivity index is 1.39. The van der Waals surface area contributed by atoms with Crippen LogP contribution in [0.2, 0.25) is 0 Å². The number of para-hydroxylation sites is 2. The zero-order valence-electron chi connectivity index (χ0n) is 19.7. The summed E-state index contributed by atoms with van der Waals surface area (Å²) in [6.07, 6.45) is 1.29. The van der Waals surface area contributed by atoms with Gasteiger partial charge in [0.15, 0.2) is 0 Å². The third-order valence-electron chi connectivity index (χ3n) is 6.16. The number of aromatic nitrogens is 2. The molecule has 0 atom stereocenters. The lowest BCUT2D eigenvalue weighted by Gasteiger charge is -2.10. The van der Waals surface area contributed by atoms with E-state index in [-0.39, 0.29) is 18.1 Å². The van der Waals surface area contributed by atoms with E-state index in [1.165, 1.54) is 19.2 Å². The van der Waals surface area contributed by atoms with Gasteiger partial charge in [0.1, 0.15) is 5.82 Å². The molecule has 0 aliphatic rings. The second kappa shape index (κ2) is 10.00. The number of hydrogen-bond acceptors (Lipinski definition) is 4. The number of anilines is 1. The molecule has 180 valence electrons. The Bertz CT molecular complexity index is 1590. The third-order valence-corrected chi connectivity index (χ3v) is 6.16. The number of pyridine rings is 1. The molecule has 2 N–H and O–H groups in total. The van der Waals surface area contributed by atoms with Crippen molar-refractivity contribution < 1.29 is 18.7 Å². The van der Waals surface area contributed by atoms with Crippen molar-refractivity contribution in [3.05, 3.63) is 95.8 Å². The lowest BCUT2D eigenvalue weighted by atomic mass is 10.0. The number of carbonyl (C=O) groups excluding carboxylic acids is 2. The van der Waals surface area contributed by atoms with Crippen molar-refractivity contribution in [2.75, 3.05) is 12.4 Å². The molecule has 7 heteroatoms. The SMILES string of the molecule is COC(=O)c1ccccc1NC(=O)CCCc1c(-c2ccc3ccccc3n2)[nH]c2ccc(F)cc12. The summed E-state index contributed by atoms with van der Waals surface area (Å²) in [5.74, 6) is -1.06. The first-order valence-corrected chi connectivity index (χ1v) is 11.7. The number of nitrogens with one attached hydrogen (secondary N) is 2. The van der Waals surface area contributed by atoms with E-state index in [0.717, 1.165) is 38.8 Å². The summed E-state index contributed by atoms with van der Waals surface area (Å²) >= 11 is 0. The monoisotopic (exact) mass is 481 g/mol. The van der Waals surface area contributed by atoms with E-state index >= 15 is 0 Å². The van der Waals surface area contributed by atoms with E-state index in [2.05, 4.69) is 10.3 Å². The van der Waals surface area contributed by atoms with Gasteiger partial charge in [-0.3, -0.25) is 4.79 Å². The molecule has 0 fully saturated rings. The van der Waals surface area contributed by atoms with Crippen molar-refractivity contribution in [2.45, 2.75) is 19.3 Å². The second-order valence-corrected chi connectivity index (χ2v) is 8.50. The van der Waals surface area contributed by atoms with Crippen molar-refractivity contribution >= 4 is 39.4 Å². The van der Waals surface area contributed by atoms with Crippen molar-refractivity contribution in [3.8, 4) is 11.4 Å². The minimum Gasteiger partial charge on any atom is -0.465 e. The third kappa shape index (κ3) is 4.68. The average Bonchev–Trinajstić information content (AvgIpc) is 3.25. The Morgan fingerprint density at radius 3 is 2.67 bits per heavy atom. The number of esters is 1. The summed E-state index contributed by atoms with van der Waals surface area (Å²) in [5.41, 5.74) is 4.88. The average molecular weight is 482 g/mol. The Morgan fingerprint density at radius 1 is 1.00 bits per heavy atom. The highest BCUT2D eigenvalue weighted by Gasteiger charge is 2.17. The van der Waals surface area contributed by atoms with Crippen LogP contribution < -0.4 is 5.32 Å². The number of benzene rings is 3. The number of carbonyl (C=O) groups is 2. The lowest BCUT2D eigenvalue weighted by molar-refractivity contribution is -0.116. The highest BCUT2D eigenvalue weighted by Crippen LogP contribution is 2.32. The van der Waals surface area contributed by atoms with Crippen LogP contribution in [-0.4, -0.2) is 29.0 Å². The first kappa shape index (κ1) is 23.2. The number of nitrogens with zero attached hydrogens (tertiary/aromatic N) is 1. The van der Waals surface area contributed by atoms with Gasteiger partial charge in [0.05, 0.1) is 35.3 Å². The summed E-state index contributed by atoms with van der Waals surface area (Å²) in [6, 6.07) is 23.2. The molecule has 5 rings (SSSR count). The maximum atomic E-state index is 14.1. The van der Waals surface area contributed by atoms with Gasteiger partial charge in [-0.2, -0.15) is 0 Å². The van der Waals surface area contributed by atoms with E-state index in [0.29, 0.717) is 24.1 Å². The van der Waals surface area contributed by atoms with Crippen LogP contribution in [0.3, 0.4) is 0 Å². The van der Waals surface area contributed by atoms with Gasteiger partial charge in [0.2, 0.25) is 5.91 Å². The highest BCUT2D eigenvalue weighted by molar-refractivity contribution is 6.01. The number of amides is 1. The number of aryl methyl sites for hydroxylation is 1. The van der Waals surface area contributed by atoms with Crippen LogP contribution in [0, 0.1) is 5.82 Å². The van der Waals surface area contributed by atoms with Gasteiger partial charge in [0, 0.05) is 22.7 Å². The Hall–Kier alpha value is -4.52. The molecule has 0 bridgehead atoms. The van der Waals surface area contributed by atoms with Crippen LogP contribution in [0.4, 0.5) is 10.1 Å². The van der Waals surface area contributed by atoms with Gasteiger partial charge in [-0.25, -0.2) is 14.2 Å². The molecular weight excluding hydrogens is 457 g/mol. The zero-order valence-corrected chi connectivity index (χ0v) is 19.7. The summed E-state index contributed by atoms with van der Waals surface area (Å²) in [7, 11) is 1.30. The maximum absolute atomic E-state index is 14.1. The standard InChI is InChI=1S/C29H24FN3O3/c1-36-29(35)21-8-3-5-11-24(21)32-27(34)12-6-9-20-22-17-19(30)14-16-25(22)33-28(20)26-15-13-18-7-2-4-10-23(18)31-26/h2-5,7-8,10-11,13-17,33H,6,9,12H2,1H3,(H,32,34).